The molecule has 80 valence electrons. The molecule has 0 heterocycles. The van der Waals surface area contributed by atoms with Gasteiger partial charge in [0.15, 0.2) is 0 Å². The molecule has 0 rings (SSSR count). The van der Waals surface area contributed by atoms with Gasteiger partial charge in [-0.2, -0.15) is 0 Å². The third-order valence-corrected chi connectivity index (χ3v) is 2.17. The van der Waals surface area contributed by atoms with Gasteiger partial charge in [0.05, 0.1) is 29.1 Å². The van der Waals surface area contributed by atoms with Crippen molar-refractivity contribution in [3.8, 4) is 0 Å². The Hall–Kier alpha value is 1.43. The SMILES string of the molecule is O=S(=O)([O-])CCN(CCO)CCO.[K+]. The Bertz CT molecular complexity index is 214. The maximum absolute atomic E-state index is 10.2. The average Bonchev–Trinajstić information content (AvgIpc) is 2.00. The molecule has 0 aromatic rings. The first-order valence-corrected chi connectivity index (χ1v) is 5.45. The minimum atomic E-state index is -4.21. The van der Waals surface area contributed by atoms with E-state index in [2.05, 4.69) is 0 Å². The van der Waals surface area contributed by atoms with Gasteiger partial charge >= 0.3 is 51.4 Å². The van der Waals surface area contributed by atoms with Crippen molar-refractivity contribution in [1.29, 1.82) is 0 Å². The molecule has 0 amide bonds. The van der Waals surface area contributed by atoms with Gasteiger partial charge in [0.1, 0.15) is 0 Å². The van der Waals surface area contributed by atoms with Gasteiger partial charge in [-0.3, -0.25) is 4.90 Å². The molecule has 0 spiro atoms. The van der Waals surface area contributed by atoms with Gasteiger partial charge < -0.3 is 14.8 Å². The van der Waals surface area contributed by atoms with E-state index in [1.165, 1.54) is 4.90 Å². The number of hydrogen-bond acceptors (Lipinski definition) is 6. The molecular weight excluding hydrogens is 237 g/mol. The first kappa shape index (κ1) is 17.8. The summed E-state index contributed by atoms with van der Waals surface area (Å²) < 4.78 is 30.7. The number of aliphatic hydroxyl groups is 2. The zero-order valence-electron chi connectivity index (χ0n) is 8.22. The molecule has 0 bridgehead atoms. The third-order valence-electron chi connectivity index (χ3n) is 1.49. The minimum absolute atomic E-state index is 0. The Morgan fingerprint density at radius 2 is 1.50 bits per heavy atom. The molecule has 0 saturated heterocycles. The van der Waals surface area contributed by atoms with Crippen molar-refractivity contribution in [2.45, 2.75) is 0 Å². The third kappa shape index (κ3) is 11.5. The van der Waals surface area contributed by atoms with E-state index < -0.39 is 15.9 Å². The van der Waals surface area contributed by atoms with Crippen LogP contribution in [0.1, 0.15) is 0 Å². The molecule has 0 aromatic heterocycles. The summed E-state index contributed by atoms with van der Waals surface area (Å²) in [4.78, 5) is 1.51. The molecule has 2 N–H and O–H groups in total. The molecule has 0 aliphatic heterocycles. The summed E-state index contributed by atoms with van der Waals surface area (Å²) in [5.74, 6) is -0.493. The zero-order chi connectivity index (χ0) is 10.3. The zero-order valence-corrected chi connectivity index (χ0v) is 12.2. The molecule has 0 atom stereocenters. The van der Waals surface area contributed by atoms with Gasteiger partial charge in [-0.15, -0.1) is 0 Å². The molecule has 0 unspecified atom stereocenters. The van der Waals surface area contributed by atoms with E-state index in [0.29, 0.717) is 0 Å². The van der Waals surface area contributed by atoms with Crippen LogP contribution in [0.25, 0.3) is 0 Å². The maximum Gasteiger partial charge on any atom is 1.00 e. The van der Waals surface area contributed by atoms with E-state index in [1.54, 1.807) is 0 Å². The molecule has 0 aromatic carbocycles. The Balaban J connectivity index is 0. The molecule has 0 saturated carbocycles. The van der Waals surface area contributed by atoms with Crippen LogP contribution in [0.2, 0.25) is 0 Å². The van der Waals surface area contributed by atoms with Gasteiger partial charge in [-0.25, -0.2) is 8.42 Å². The Morgan fingerprint density at radius 1 is 1.07 bits per heavy atom. The van der Waals surface area contributed by atoms with Gasteiger partial charge in [0, 0.05) is 19.6 Å². The molecule has 14 heavy (non-hydrogen) atoms. The van der Waals surface area contributed by atoms with Gasteiger partial charge in [0.2, 0.25) is 0 Å². The number of aliphatic hydroxyl groups excluding tert-OH is 2. The first-order chi connectivity index (χ1) is 5.99. The van der Waals surface area contributed by atoms with Crippen molar-refractivity contribution < 1.29 is 74.6 Å². The standard InChI is InChI=1S/C6H15NO5S.K/c8-4-1-7(2-5-9)3-6-13(10,11)12;/h8-9H,1-6H2,(H,10,11,12);/q;+1/p-1. The smallest absolute Gasteiger partial charge is 0.748 e. The normalized spacial score (nSPS) is 11.4. The van der Waals surface area contributed by atoms with E-state index >= 15 is 0 Å². The van der Waals surface area contributed by atoms with Crippen LogP contribution in [0.15, 0.2) is 0 Å². The number of rotatable bonds is 7. The fourth-order valence-corrected chi connectivity index (χ4v) is 1.34. The molecular formula is C6H14KNO5S. The summed E-state index contributed by atoms with van der Waals surface area (Å²) in [6.45, 7) is 0.316. The molecule has 0 aliphatic rings. The van der Waals surface area contributed by atoms with Crippen LogP contribution in [-0.2, 0) is 10.1 Å². The molecule has 8 heteroatoms. The Morgan fingerprint density at radius 3 is 1.79 bits per heavy atom. The summed E-state index contributed by atoms with van der Waals surface area (Å²) in [6.07, 6.45) is 0. The Kier molecular flexibility index (Phi) is 12.3. The van der Waals surface area contributed by atoms with Crippen molar-refractivity contribution >= 4 is 10.1 Å². The van der Waals surface area contributed by atoms with Crippen LogP contribution in [0.5, 0.6) is 0 Å². The molecule has 0 aliphatic carbocycles. The largest absolute Gasteiger partial charge is 1.00 e. The molecule has 6 nitrogen and oxygen atoms in total. The molecule has 0 radical (unpaired) electrons. The van der Waals surface area contributed by atoms with Crippen LogP contribution < -0.4 is 51.4 Å². The van der Waals surface area contributed by atoms with E-state index in [0.717, 1.165) is 0 Å². The van der Waals surface area contributed by atoms with Crippen LogP contribution in [0, 0.1) is 0 Å². The second kappa shape index (κ2) is 9.64. The fraction of sp³-hybridized carbons (Fsp3) is 1.00. The molecule has 0 fully saturated rings. The van der Waals surface area contributed by atoms with Crippen molar-refractivity contribution in [2.75, 3.05) is 38.6 Å². The van der Waals surface area contributed by atoms with E-state index in [4.69, 9.17) is 10.2 Å². The van der Waals surface area contributed by atoms with Crippen molar-refractivity contribution in [3.05, 3.63) is 0 Å². The Labute approximate surface area is 126 Å². The quantitative estimate of drug-likeness (QED) is 0.346. The second-order valence-electron chi connectivity index (χ2n) is 2.55. The average molecular weight is 251 g/mol. The number of nitrogens with zero attached hydrogens (tertiary/aromatic N) is 1. The van der Waals surface area contributed by atoms with E-state index in [1.807, 2.05) is 0 Å². The summed E-state index contributed by atoms with van der Waals surface area (Å²) in [5, 5.41) is 17.1. The predicted molar refractivity (Wildman–Crippen MR) is 45.2 cm³/mol. The monoisotopic (exact) mass is 251 g/mol. The first-order valence-electron chi connectivity index (χ1n) is 3.87. The van der Waals surface area contributed by atoms with Crippen LogP contribution >= 0.6 is 0 Å². The summed E-state index contributed by atoms with van der Waals surface area (Å²) in [7, 11) is -4.21. The van der Waals surface area contributed by atoms with Crippen LogP contribution in [0.4, 0.5) is 0 Å². The summed E-state index contributed by atoms with van der Waals surface area (Å²) in [6, 6.07) is 0. The van der Waals surface area contributed by atoms with Crippen molar-refractivity contribution in [1.82, 2.24) is 4.90 Å². The number of hydrogen-bond donors (Lipinski definition) is 2. The second-order valence-corrected chi connectivity index (χ2v) is 4.07. The topological polar surface area (TPSA) is 101 Å². The summed E-state index contributed by atoms with van der Waals surface area (Å²) in [5.41, 5.74) is 0. The van der Waals surface area contributed by atoms with Crippen LogP contribution in [-0.4, -0.2) is 66.7 Å². The fourth-order valence-electron chi connectivity index (χ4n) is 0.859. The van der Waals surface area contributed by atoms with Gasteiger partial charge in [-0.05, 0) is 0 Å². The van der Waals surface area contributed by atoms with E-state index in [9.17, 15) is 13.0 Å². The van der Waals surface area contributed by atoms with Crippen molar-refractivity contribution in [2.24, 2.45) is 0 Å². The van der Waals surface area contributed by atoms with Gasteiger partial charge in [-0.1, -0.05) is 0 Å². The van der Waals surface area contributed by atoms with E-state index in [-0.39, 0.29) is 84.2 Å². The van der Waals surface area contributed by atoms with Crippen molar-refractivity contribution in [3.63, 3.8) is 0 Å². The van der Waals surface area contributed by atoms with Gasteiger partial charge in [0.25, 0.3) is 0 Å². The van der Waals surface area contributed by atoms with Crippen LogP contribution in [0.3, 0.4) is 0 Å². The predicted octanol–water partition coefficient (Wildman–Crippen LogP) is -5.18. The summed E-state index contributed by atoms with van der Waals surface area (Å²) >= 11 is 0. The minimum Gasteiger partial charge on any atom is -0.748 e. The maximum atomic E-state index is 10.2.